The number of rotatable bonds is 6. The Bertz CT molecular complexity index is 405. The van der Waals surface area contributed by atoms with Gasteiger partial charge in [0.25, 0.3) is 0 Å². The van der Waals surface area contributed by atoms with E-state index in [0.29, 0.717) is 35.7 Å². The van der Waals surface area contributed by atoms with Gasteiger partial charge in [-0.25, -0.2) is 0 Å². The van der Waals surface area contributed by atoms with Gasteiger partial charge in [0.15, 0.2) is 11.5 Å². The largest absolute Gasteiger partial charge is 0.493 e. The summed E-state index contributed by atoms with van der Waals surface area (Å²) in [5.41, 5.74) is 0.943. The van der Waals surface area contributed by atoms with E-state index in [1.165, 1.54) is 0 Å². The highest BCUT2D eigenvalue weighted by molar-refractivity contribution is 6.17. The van der Waals surface area contributed by atoms with Crippen LogP contribution in [0, 0.1) is 5.92 Å². The van der Waals surface area contributed by atoms with E-state index in [2.05, 4.69) is 0 Å². The van der Waals surface area contributed by atoms with Gasteiger partial charge in [0.1, 0.15) is 0 Å². The predicted molar refractivity (Wildman–Crippen MR) is 78.1 cm³/mol. The molecule has 0 radical (unpaired) electrons. The highest BCUT2D eigenvalue weighted by atomic mass is 35.5. The smallest absolute Gasteiger partial charge is 0.203 e. The van der Waals surface area contributed by atoms with Gasteiger partial charge in [-0.15, -0.1) is 11.6 Å². The van der Waals surface area contributed by atoms with E-state index in [1.54, 1.807) is 14.2 Å². The highest BCUT2D eigenvalue weighted by Gasteiger charge is 2.18. The minimum atomic E-state index is 0.410. The van der Waals surface area contributed by atoms with Gasteiger partial charge < -0.3 is 18.9 Å². The molecule has 1 heterocycles. The van der Waals surface area contributed by atoms with E-state index in [-0.39, 0.29) is 0 Å². The van der Waals surface area contributed by atoms with Gasteiger partial charge in [-0.2, -0.15) is 0 Å². The van der Waals surface area contributed by atoms with Crippen LogP contribution in [0.3, 0.4) is 0 Å². The number of ether oxygens (including phenoxy) is 4. The second-order valence-electron chi connectivity index (χ2n) is 4.83. The van der Waals surface area contributed by atoms with Gasteiger partial charge in [0, 0.05) is 19.1 Å². The van der Waals surface area contributed by atoms with Crippen molar-refractivity contribution in [2.75, 3.05) is 34.0 Å². The van der Waals surface area contributed by atoms with E-state index in [1.807, 2.05) is 12.1 Å². The van der Waals surface area contributed by atoms with E-state index < -0.39 is 0 Å². The van der Waals surface area contributed by atoms with Crippen LogP contribution in [0.25, 0.3) is 0 Å². The Morgan fingerprint density at radius 1 is 1.15 bits per heavy atom. The normalized spacial score (nSPS) is 15.9. The Labute approximate surface area is 124 Å². The Hall–Kier alpha value is -1.13. The third kappa shape index (κ3) is 3.70. The fourth-order valence-electron chi connectivity index (χ4n) is 2.27. The van der Waals surface area contributed by atoms with Crippen molar-refractivity contribution < 1.29 is 18.9 Å². The zero-order valence-electron chi connectivity index (χ0n) is 12.0. The zero-order chi connectivity index (χ0) is 14.4. The average molecular weight is 301 g/mol. The van der Waals surface area contributed by atoms with Crippen LogP contribution in [0.15, 0.2) is 12.1 Å². The van der Waals surface area contributed by atoms with E-state index in [4.69, 9.17) is 30.5 Å². The molecule has 0 atom stereocenters. The first kappa shape index (κ1) is 15.3. The fraction of sp³-hybridized carbons (Fsp3) is 0.600. The second-order valence-corrected chi connectivity index (χ2v) is 5.10. The lowest BCUT2D eigenvalue weighted by Crippen LogP contribution is -2.21. The maximum atomic E-state index is 5.94. The SMILES string of the molecule is COc1cc(CCl)cc(OC)c1OCC1CCOCC1. The van der Waals surface area contributed by atoms with Crippen molar-refractivity contribution in [2.24, 2.45) is 5.92 Å². The van der Waals surface area contributed by atoms with Crippen LogP contribution < -0.4 is 14.2 Å². The van der Waals surface area contributed by atoms with Crippen LogP contribution in [0.4, 0.5) is 0 Å². The number of methoxy groups -OCH3 is 2. The van der Waals surface area contributed by atoms with Crippen molar-refractivity contribution in [3.8, 4) is 17.2 Å². The number of halogens is 1. The Morgan fingerprint density at radius 3 is 2.25 bits per heavy atom. The standard InChI is InChI=1S/C15H21ClO4/c1-17-13-7-12(9-16)8-14(18-2)15(13)20-10-11-3-5-19-6-4-11/h7-8,11H,3-6,9-10H2,1-2H3. The van der Waals surface area contributed by atoms with E-state index in [0.717, 1.165) is 31.6 Å². The van der Waals surface area contributed by atoms with Crippen LogP contribution in [0.1, 0.15) is 18.4 Å². The maximum Gasteiger partial charge on any atom is 0.203 e. The van der Waals surface area contributed by atoms with Gasteiger partial charge >= 0.3 is 0 Å². The van der Waals surface area contributed by atoms with Crippen molar-refractivity contribution in [3.63, 3.8) is 0 Å². The molecule has 5 heteroatoms. The molecular formula is C15H21ClO4. The first-order chi connectivity index (χ1) is 9.78. The summed E-state index contributed by atoms with van der Waals surface area (Å²) in [5, 5.41) is 0. The molecule has 1 aromatic carbocycles. The first-order valence-electron chi connectivity index (χ1n) is 6.80. The lowest BCUT2D eigenvalue weighted by molar-refractivity contribution is 0.0489. The second kappa shape index (κ2) is 7.60. The molecule has 20 heavy (non-hydrogen) atoms. The van der Waals surface area contributed by atoms with Crippen molar-refractivity contribution in [1.82, 2.24) is 0 Å². The Kier molecular flexibility index (Phi) is 5.80. The minimum absolute atomic E-state index is 0.410. The number of benzene rings is 1. The molecule has 0 aromatic heterocycles. The minimum Gasteiger partial charge on any atom is -0.493 e. The topological polar surface area (TPSA) is 36.9 Å². The quantitative estimate of drug-likeness (QED) is 0.756. The number of hydrogen-bond donors (Lipinski definition) is 0. The molecule has 2 rings (SSSR count). The molecule has 0 N–H and O–H groups in total. The lowest BCUT2D eigenvalue weighted by atomic mass is 10.0. The van der Waals surface area contributed by atoms with Crippen LogP contribution >= 0.6 is 11.6 Å². The van der Waals surface area contributed by atoms with Crippen molar-refractivity contribution >= 4 is 11.6 Å². The summed E-state index contributed by atoms with van der Waals surface area (Å²) in [6.45, 7) is 2.28. The number of alkyl halides is 1. The van der Waals surface area contributed by atoms with Gasteiger partial charge in [-0.1, -0.05) is 0 Å². The molecule has 4 nitrogen and oxygen atoms in total. The molecule has 0 bridgehead atoms. The summed E-state index contributed by atoms with van der Waals surface area (Å²) in [5.74, 6) is 2.90. The molecule has 1 saturated heterocycles. The lowest BCUT2D eigenvalue weighted by Gasteiger charge is -2.23. The van der Waals surface area contributed by atoms with Crippen LogP contribution in [0.2, 0.25) is 0 Å². The van der Waals surface area contributed by atoms with Gasteiger partial charge in [-0.05, 0) is 36.5 Å². The van der Waals surface area contributed by atoms with Crippen molar-refractivity contribution in [3.05, 3.63) is 17.7 Å². The third-order valence-electron chi connectivity index (χ3n) is 3.48. The average Bonchev–Trinajstić information content (AvgIpc) is 2.52. The van der Waals surface area contributed by atoms with Crippen LogP contribution in [-0.4, -0.2) is 34.0 Å². The molecule has 1 aliphatic rings. The van der Waals surface area contributed by atoms with E-state index >= 15 is 0 Å². The van der Waals surface area contributed by atoms with Gasteiger partial charge in [0.05, 0.1) is 20.8 Å². The fourth-order valence-corrected chi connectivity index (χ4v) is 2.42. The molecule has 0 amide bonds. The first-order valence-corrected chi connectivity index (χ1v) is 7.33. The van der Waals surface area contributed by atoms with Crippen LogP contribution in [-0.2, 0) is 10.6 Å². The maximum absolute atomic E-state index is 5.94. The summed E-state index contributed by atoms with van der Waals surface area (Å²) in [6, 6.07) is 3.77. The third-order valence-corrected chi connectivity index (χ3v) is 3.79. The summed E-state index contributed by atoms with van der Waals surface area (Å²) in [4.78, 5) is 0. The Balaban J connectivity index is 2.11. The number of hydrogen-bond acceptors (Lipinski definition) is 4. The summed E-state index contributed by atoms with van der Waals surface area (Å²) >= 11 is 5.87. The molecule has 0 spiro atoms. The Morgan fingerprint density at radius 2 is 1.75 bits per heavy atom. The molecule has 0 aliphatic carbocycles. The molecular weight excluding hydrogens is 280 g/mol. The van der Waals surface area contributed by atoms with Crippen molar-refractivity contribution in [1.29, 1.82) is 0 Å². The van der Waals surface area contributed by atoms with Gasteiger partial charge in [0.2, 0.25) is 5.75 Å². The molecule has 0 unspecified atom stereocenters. The van der Waals surface area contributed by atoms with E-state index in [9.17, 15) is 0 Å². The summed E-state index contributed by atoms with van der Waals surface area (Å²) in [7, 11) is 3.24. The molecule has 1 aromatic rings. The van der Waals surface area contributed by atoms with Crippen LogP contribution in [0.5, 0.6) is 17.2 Å². The summed E-state index contributed by atoms with van der Waals surface area (Å²) < 4.78 is 22.1. The predicted octanol–water partition coefficient (Wildman–Crippen LogP) is 3.25. The zero-order valence-corrected chi connectivity index (χ0v) is 12.7. The molecule has 1 fully saturated rings. The van der Waals surface area contributed by atoms with Crippen molar-refractivity contribution in [2.45, 2.75) is 18.7 Å². The van der Waals surface area contributed by atoms with Gasteiger partial charge in [-0.3, -0.25) is 0 Å². The molecule has 112 valence electrons. The molecule has 1 aliphatic heterocycles. The highest BCUT2D eigenvalue weighted by Crippen LogP contribution is 2.39. The molecule has 0 saturated carbocycles. The monoisotopic (exact) mass is 300 g/mol. The summed E-state index contributed by atoms with van der Waals surface area (Å²) in [6.07, 6.45) is 2.06.